The molecule has 0 radical (unpaired) electrons. The Kier molecular flexibility index (Phi) is 4.74. The van der Waals surface area contributed by atoms with Gasteiger partial charge in [-0.3, -0.25) is 0 Å². The Balaban J connectivity index is 1.98. The molecule has 160 valence electrons. The van der Waals surface area contributed by atoms with Gasteiger partial charge in [0, 0.05) is 27.6 Å². The minimum atomic E-state index is 0.928. The Bertz CT molecular complexity index is 1510. The monoisotopic (exact) mass is 420 g/mol. The molecule has 0 atom stereocenters. The van der Waals surface area contributed by atoms with E-state index >= 15 is 0 Å². The highest BCUT2D eigenvalue weighted by Crippen LogP contribution is 2.29. The lowest BCUT2D eigenvalue weighted by atomic mass is 10.1. The number of rotatable bonds is 2. The van der Waals surface area contributed by atoms with E-state index in [0.717, 1.165) is 68.0 Å². The summed E-state index contributed by atoms with van der Waals surface area (Å²) < 4.78 is 0. The molecule has 0 fully saturated rings. The standard InChI is InChI=1S/C28H28N4/c1-7-21-18(6)26-14-28-22(8-2)17(5)25(31-28)12-23-15(3)9-19(29-23)11-20-10-16(4)24(30-20)13-27(21)32-26/h8-14,31-32H,2,7H2,1,3-6H3. The van der Waals surface area contributed by atoms with Gasteiger partial charge in [-0.2, -0.15) is 0 Å². The number of aryl methyl sites for hydroxylation is 3. The molecule has 0 aliphatic carbocycles. The van der Waals surface area contributed by atoms with Crippen molar-refractivity contribution in [2.75, 3.05) is 0 Å². The molecule has 5 rings (SSSR count). The maximum Gasteiger partial charge on any atom is 0.0687 e. The second-order valence-electron chi connectivity index (χ2n) is 8.68. The van der Waals surface area contributed by atoms with Crippen molar-refractivity contribution in [3.05, 3.63) is 75.9 Å². The van der Waals surface area contributed by atoms with Crippen LogP contribution in [-0.4, -0.2) is 19.9 Å². The van der Waals surface area contributed by atoms with Crippen LogP contribution in [0.4, 0.5) is 0 Å². The first-order chi connectivity index (χ1) is 15.4. The van der Waals surface area contributed by atoms with Crippen LogP contribution < -0.4 is 0 Å². The average Bonchev–Trinajstić information content (AvgIpc) is 3.44. The zero-order chi connectivity index (χ0) is 22.6. The van der Waals surface area contributed by atoms with Gasteiger partial charge in [0.15, 0.2) is 0 Å². The van der Waals surface area contributed by atoms with E-state index in [1.54, 1.807) is 0 Å². The van der Waals surface area contributed by atoms with Gasteiger partial charge in [-0.1, -0.05) is 19.6 Å². The Morgan fingerprint density at radius 2 is 1.31 bits per heavy atom. The summed E-state index contributed by atoms with van der Waals surface area (Å²) in [7, 11) is 0. The van der Waals surface area contributed by atoms with E-state index in [2.05, 4.69) is 87.6 Å². The molecule has 4 nitrogen and oxygen atoms in total. The number of fused-ring (bicyclic) bond motifs is 8. The smallest absolute Gasteiger partial charge is 0.0687 e. The molecule has 0 aromatic carbocycles. The van der Waals surface area contributed by atoms with Crippen molar-refractivity contribution in [3.63, 3.8) is 0 Å². The summed E-state index contributed by atoms with van der Waals surface area (Å²) in [4.78, 5) is 17.0. The van der Waals surface area contributed by atoms with E-state index < -0.39 is 0 Å². The predicted molar refractivity (Wildman–Crippen MR) is 137 cm³/mol. The van der Waals surface area contributed by atoms with Crippen LogP contribution in [-0.2, 0) is 6.42 Å². The molecule has 2 aliphatic rings. The highest BCUT2D eigenvalue weighted by atomic mass is 14.8. The maximum atomic E-state index is 4.88. The number of aromatic amines is 2. The van der Waals surface area contributed by atoms with Crippen LogP contribution in [0.15, 0.2) is 30.8 Å². The fraction of sp³-hybridized carbons (Fsp3) is 0.214. The fourth-order valence-corrected chi connectivity index (χ4v) is 4.70. The number of nitrogens with zero attached hydrogens (tertiary/aromatic N) is 2. The van der Waals surface area contributed by atoms with Gasteiger partial charge in [0.1, 0.15) is 0 Å². The van der Waals surface area contributed by atoms with Crippen molar-refractivity contribution in [3.8, 4) is 0 Å². The summed E-state index contributed by atoms with van der Waals surface area (Å²) in [5, 5.41) is 0. The van der Waals surface area contributed by atoms with Crippen LogP contribution in [0.1, 0.15) is 65.8 Å². The number of aromatic nitrogens is 4. The molecule has 4 heteroatoms. The van der Waals surface area contributed by atoms with E-state index in [1.807, 2.05) is 6.08 Å². The zero-order valence-electron chi connectivity index (χ0n) is 19.4. The van der Waals surface area contributed by atoms with E-state index in [-0.39, 0.29) is 0 Å². The van der Waals surface area contributed by atoms with Gasteiger partial charge in [-0.25, -0.2) is 9.97 Å². The summed E-state index contributed by atoms with van der Waals surface area (Å²) in [6.07, 6.45) is 7.13. The maximum absolute atomic E-state index is 4.88. The zero-order valence-corrected chi connectivity index (χ0v) is 19.4. The molecule has 0 amide bonds. The van der Waals surface area contributed by atoms with Crippen LogP contribution in [0, 0.1) is 13.8 Å². The number of hydrogen-bond acceptors (Lipinski definition) is 2. The first-order valence-corrected chi connectivity index (χ1v) is 11.1. The van der Waals surface area contributed by atoms with Crippen molar-refractivity contribution in [2.24, 2.45) is 0 Å². The molecule has 2 N–H and O–H groups in total. The Morgan fingerprint density at radius 1 is 0.750 bits per heavy atom. The molecule has 8 bridgehead atoms. The first kappa shape index (κ1) is 20.3. The fourth-order valence-electron chi connectivity index (χ4n) is 4.70. The quantitative estimate of drug-likeness (QED) is 0.458. The second kappa shape index (κ2) is 7.49. The van der Waals surface area contributed by atoms with Crippen molar-refractivity contribution < 1.29 is 0 Å². The number of hydrogen-bond donors (Lipinski definition) is 2. The highest BCUT2D eigenvalue weighted by molar-refractivity contribution is 5.88. The molecule has 5 heterocycles. The van der Waals surface area contributed by atoms with Crippen molar-refractivity contribution in [2.45, 2.75) is 41.0 Å². The van der Waals surface area contributed by atoms with Crippen molar-refractivity contribution >= 4 is 51.4 Å². The lowest BCUT2D eigenvalue weighted by molar-refractivity contribution is 1.14. The van der Waals surface area contributed by atoms with E-state index in [1.165, 1.54) is 16.7 Å². The molecular formula is C28H28N4. The van der Waals surface area contributed by atoms with Gasteiger partial charge in [-0.05, 0) is 98.4 Å². The molecule has 0 spiro atoms. The van der Waals surface area contributed by atoms with E-state index in [4.69, 9.17) is 9.97 Å². The number of H-pyrrole nitrogens is 2. The topological polar surface area (TPSA) is 57.4 Å². The molecular weight excluding hydrogens is 392 g/mol. The van der Waals surface area contributed by atoms with Crippen molar-refractivity contribution in [1.29, 1.82) is 0 Å². The Labute approximate surface area is 188 Å². The predicted octanol–water partition coefficient (Wildman–Crippen LogP) is 7.26. The van der Waals surface area contributed by atoms with Gasteiger partial charge in [0.2, 0.25) is 0 Å². The number of allylic oxidation sites excluding steroid dienone is 2. The summed E-state index contributed by atoms with van der Waals surface area (Å²) >= 11 is 0. The summed E-state index contributed by atoms with van der Waals surface area (Å²) in [6, 6.07) is 8.55. The molecule has 3 aromatic rings. The van der Waals surface area contributed by atoms with Gasteiger partial charge in [0.25, 0.3) is 0 Å². The Morgan fingerprint density at radius 3 is 1.91 bits per heavy atom. The summed E-state index contributed by atoms with van der Waals surface area (Å²) in [6.45, 7) is 14.8. The third kappa shape index (κ3) is 3.23. The van der Waals surface area contributed by atoms with Crippen LogP contribution >= 0.6 is 0 Å². The van der Waals surface area contributed by atoms with E-state index in [0.29, 0.717) is 0 Å². The molecule has 0 saturated heterocycles. The van der Waals surface area contributed by atoms with Gasteiger partial charge in [0.05, 0.1) is 22.8 Å². The largest absolute Gasteiger partial charge is 0.355 e. The lowest BCUT2D eigenvalue weighted by Crippen LogP contribution is -1.82. The summed E-state index contributed by atoms with van der Waals surface area (Å²) in [5.41, 5.74) is 15.3. The average molecular weight is 421 g/mol. The third-order valence-electron chi connectivity index (χ3n) is 6.56. The van der Waals surface area contributed by atoms with Crippen LogP contribution in [0.5, 0.6) is 0 Å². The molecule has 3 aromatic heterocycles. The summed E-state index contributed by atoms with van der Waals surface area (Å²) in [5.74, 6) is 0. The second-order valence-corrected chi connectivity index (χ2v) is 8.68. The lowest BCUT2D eigenvalue weighted by Gasteiger charge is -1.95. The third-order valence-corrected chi connectivity index (χ3v) is 6.56. The Hall–Kier alpha value is -3.66. The van der Waals surface area contributed by atoms with Gasteiger partial charge < -0.3 is 9.97 Å². The van der Waals surface area contributed by atoms with E-state index in [9.17, 15) is 0 Å². The van der Waals surface area contributed by atoms with Crippen LogP contribution in [0.25, 0.3) is 51.4 Å². The first-order valence-electron chi connectivity index (χ1n) is 11.1. The number of nitrogens with one attached hydrogen (secondary N) is 2. The molecule has 0 unspecified atom stereocenters. The van der Waals surface area contributed by atoms with Gasteiger partial charge >= 0.3 is 0 Å². The van der Waals surface area contributed by atoms with Crippen molar-refractivity contribution in [1.82, 2.24) is 19.9 Å². The minimum absolute atomic E-state index is 0.928. The van der Waals surface area contributed by atoms with Crippen LogP contribution in [0.3, 0.4) is 0 Å². The minimum Gasteiger partial charge on any atom is -0.355 e. The molecule has 32 heavy (non-hydrogen) atoms. The SMILES string of the molecule is C=Cc1c(C)c2cc3nc(cc4nc(cc5[nH]c(cc1[nH]2)c(C)c5CC)C(C)=C4)C=C3C. The molecule has 2 aliphatic heterocycles. The van der Waals surface area contributed by atoms with Crippen LogP contribution in [0.2, 0.25) is 0 Å². The van der Waals surface area contributed by atoms with Gasteiger partial charge in [-0.15, -0.1) is 0 Å². The molecule has 0 saturated carbocycles. The highest BCUT2D eigenvalue weighted by Gasteiger charge is 2.13. The normalized spacial score (nSPS) is 13.2.